The first-order valence-corrected chi connectivity index (χ1v) is 10.7. The van der Waals surface area contributed by atoms with Crippen molar-refractivity contribution in [1.82, 2.24) is 15.3 Å². The van der Waals surface area contributed by atoms with Crippen molar-refractivity contribution in [2.75, 3.05) is 18.5 Å². The lowest BCUT2D eigenvalue weighted by molar-refractivity contribution is -0.199. The molecule has 0 spiro atoms. The molecule has 0 fully saturated rings. The molecule has 12 heteroatoms. The number of alkyl halides is 3. The summed E-state index contributed by atoms with van der Waals surface area (Å²) in [6.07, 6.45) is -2.83. The Kier molecular flexibility index (Phi) is 6.42. The predicted molar refractivity (Wildman–Crippen MR) is 119 cm³/mol. The molecule has 2 aromatic heterocycles. The van der Waals surface area contributed by atoms with Gasteiger partial charge in [0, 0.05) is 46.1 Å². The van der Waals surface area contributed by atoms with Crippen molar-refractivity contribution in [3.05, 3.63) is 58.3 Å². The molecule has 0 unspecified atom stereocenters. The molecule has 2 amide bonds. The monoisotopic (exact) mass is 536 g/mol. The van der Waals surface area contributed by atoms with Crippen LogP contribution >= 0.6 is 15.9 Å². The van der Waals surface area contributed by atoms with Crippen LogP contribution in [0.25, 0.3) is 22.5 Å². The summed E-state index contributed by atoms with van der Waals surface area (Å²) in [7, 11) is 0. The quantitative estimate of drug-likeness (QED) is 0.429. The second-order valence-electron chi connectivity index (χ2n) is 7.33. The molecule has 4 rings (SSSR count). The molecular weight excluding hydrogens is 521 g/mol. The highest BCUT2D eigenvalue weighted by atomic mass is 79.9. The van der Waals surface area contributed by atoms with E-state index in [9.17, 15) is 27.6 Å². The number of esters is 1. The number of halogens is 4. The summed E-state index contributed by atoms with van der Waals surface area (Å²) >= 11 is 3.31. The highest BCUT2D eigenvalue weighted by Gasteiger charge is 2.41. The first kappa shape index (κ1) is 23.5. The van der Waals surface area contributed by atoms with Crippen LogP contribution in [0.2, 0.25) is 0 Å². The van der Waals surface area contributed by atoms with E-state index >= 15 is 0 Å². The maximum absolute atomic E-state index is 12.2. The molecule has 3 heterocycles. The molecule has 0 bridgehead atoms. The third kappa shape index (κ3) is 5.11. The van der Waals surface area contributed by atoms with Gasteiger partial charge in [0.1, 0.15) is 0 Å². The topological polar surface area (TPSA) is 113 Å². The smallest absolute Gasteiger partial charge is 0.449 e. The number of benzene rings is 1. The fourth-order valence-electron chi connectivity index (χ4n) is 3.38. The van der Waals surface area contributed by atoms with E-state index in [0.717, 1.165) is 17.0 Å². The Labute approximate surface area is 199 Å². The van der Waals surface area contributed by atoms with Crippen molar-refractivity contribution >= 4 is 39.4 Å². The molecular formula is C22H16BrF3N4O4. The van der Waals surface area contributed by atoms with Gasteiger partial charge in [-0.1, -0.05) is 6.07 Å². The average Bonchev–Trinajstić information content (AvgIpc) is 3.24. The number of fused-ring (bicyclic) bond motifs is 1. The number of carbonyl (C=O) groups excluding carboxylic acids is 3. The lowest BCUT2D eigenvalue weighted by atomic mass is 10.1. The SMILES string of the molecule is O=C(COC(=O)C(F)(F)F)Nc1ccc(-c2cc(-c3cc4c([nH]3)CCNC4=O)ccn2)cc1Br. The van der Waals surface area contributed by atoms with Crippen molar-refractivity contribution in [2.45, 2.75) is 12.6 Å². The average molecular weight is 537 g/mol. The second-order valence-corrected chi connectivity index (χ2v) is 8.18. The Morgan fingerprint density at radius 3 is 2.65 bits per heavy atom. The number of amides is 2. The third-order valence-corrected chi connectivity index (χ3v) is 5.64. The minimum Gasteiger partial charge on any atom is -0.449 e. The lowest BCUT2D eigenvalue weighted by Gasteiger charge is -2.11. The second kappa shape index (κ2) is 9.29. The van der Waals surface area contributed by atoms with E-state index in [1.54, 1.807) is 24.4 Å². The van der Waals surface area contributed by atoms with Gasteiger partial charge in [-0.25, -0.2) is 4.79 Å². The van der Waals surface area contributed by atoms with E-state index in [2.05, 4.69) is 41.3 Å². The molecule has 0 atom stereocenters. The molecule has 0 aliphatic carbocycles. The zero-order valence-electron chi connectivity index (χ0n) is 17.3. The number of aromatic nitrogens is 2. The number of pyridine rings is 1. The Bertz CT molecular complexity index is 1290. The number of H-pyrrole nitrogens is 1. The molecule has 1 aliphatic heterocycles. The molecule has 0 saturated carbocycles. The number of anilines is 1. The van der Waals surface area contributed by atoms with Gasteiger partial charge in [-0.05, 0) is 46.3 Å². The first-order valence-electron chi connectivity index (χ1n) is 9.92. The number of hydrogen-bond donors (Lipinski definition) is 3. The van der Waals surface area contributed by atoms with Gasteiger partial charge in [-0.15, -0.1) is 0 Å². The maximum Gasteiger partial charge on any atom is 0.490 e. The first-order chi connectivity index (χ1) is 16.1. The van der Waals surface area contributed by atoms with Crippen LogP contribution in [-0.2, 0) is 20.7 Å². The van der Waals surface area contributed by atoms with Crippen molar-refractivity contribution in [1.29, 1.82) is 0 Å². The van der Waals surface area contributed by atoms with E-state index in [1.165, 1.54) is 6.07 Å². The summed E-state index contributed by atoms with van der Waals surface area (Å²) in [5.41, 5.74) is 4.69. The van der Waals surface area contributed by atoms with E-state index in [-0.39, 0.29) is 11.6 Å². The van der Waals surface area contributed by atoms with Crippen LogP contribution in [0, 0.1) is 0 Å². The van der Waals surface area contributed by atoms with Gasteiger partial charge >= 0.3 is 12.1 Å². The molecule has 3 N–H and O–H groups in total. The molecule has 8 nitrogen and oxygen atoms in total. The number of aromatic amines is 1. The van der Waals surface area contributed by atoms with E-state index in [4.69, 9.17) is 0 Å². The highest BCUT2D eigenvalue weighted by molar-refractivity contribution is 9.10. The summed E-state index contributed by atoms with van der Waals surface area (Å²) in [4.78, 5) is 42.2. The Morgan fingerprint density at radius 1 is 1.15 bits per heavy atom. The van der Waals surface area contributed by atoms with Gasteiger partial charge in [0.15, 0.2) is 6.61 Å². The molecule has 176 valence electrons. The zero-order chi connectivity index (χ0) is 24.5. The zero-order valence-corrected chi connectivity index (χ0v) is 18.8. The largest absolute Gasteiger partial charge is 0.490 e. The predicted octanol–water partition coefficient (Wildman–Crippen LogP) is 3.84. The maximum atomic E-state index is 12.2. The number of rotatable bonds is 5. The van der Waals surface area contributed by atoms with Gasteiger partial charge in [0.25, 0.3) is 11.8 Å². The Hall–Kier alpha value is -3.67. The van der Waals surface area contributed by atoms with Crippen molar-refractivity contribution < 1.29 is 32.3 Å². The molecule has 34 heavy (non-hydrogen) atoms. The van der Waals surface area contributed by atoms with Gasteiger partial charge in [-0.2, -0.15) is 13.2 Å². The van der Waals surface area contributed by atoms with Crippen LogP contribution < -0.4 is 10.6 Å². The fourth-order valence-corrected chi connectivity index (χ4v) is 3.86. The minimum atomic E-state index is -5.17. The summed E-state index contributed by atoms with van der Waals surface area (Å²) in [6.45, 7) is -0.497. The molecule has 3 aromatic rings. The van der Waals surface area contributed by atoms with Crippen LogP contribution in [0.1, 0.15) is 16.1 Å². The van der Waals surface area contributed by atoms with Gasteiger partial charge in [0.05, 0.1) is 16.9 Å². The highest BCUT2D eigenvalue weighted by Crippen LogP contribution is 2.31. The molecule has 1 aromatic carbocycles. The number of nitrogens with one attached hydrogen (secondary N) is 3. The van der Waals surface area contributed by atoms with Crippen molar-refractivity contribution in [2.24, 2.45) is 0 Å². The number of carbonyl (C=O) groups is 3. The van der Waals surface area contributed by atoms with E-state index in [1.807, 2.05) is 12.1 Å². The Morgan fingerprint density at radius 2 is 1.94 bits per heavy atom. The summed E-state index contributed by atoms with van der Waals surface area (Å²) in [6, 6.07) is 10.3. The van der Waals surface area contributed by atoms with Gasteiger partial charge < -0.3 is 20.4 Å². The molecule has 1 aliphatic rings. The van der Waals surface area contributed by atoms with Crippen LogP contribution in [-0.4, -0.2) is 47.1 Å². The normalized spacial score (nSPS) is 13.1. The van der Waals surface area contributed by atoms with E-state index in [0.29, 0.717) is 34.3 Å². The van der Waals surface area contributed by atoms with Gasteiger partial charge in [0.2, 0.25) is 0 Å². The van der Waals surface area contributed by atoms with Gasteiger partial charge in [-0.3, -0.25) is 14.6 Å². The number of hydrogen-bond acceptors (Lipinski definition) is 5. The minimum absolute atomic E-state index is 0.118. The summed E-state index contributed by atoms with van der Waals surface area (Å²) in [5.74, 6) is -3.48. The third-order valence-electron chi connectivity index (χ3n) is 4.98. The van der Waals surface area contributed by atoms with E-state index < -0.39 is 24.7 Å². The standard InChI is InChI=1S/C22H16BrF3N4O4/c23-14-7-11(1-2-16(14)30-19(31)10-34-21(33)22(24,25)26)17-8-12(3-5-27-17)18-9-13-15(29-18)4-6-28-20(13)32/h1-3,5,7-9,29H,4,6,10H2,(H,28,32)(H,30,31). The summed E-state index contributed by atoms with van der Waals surface area (Å²) in [5, 5.41) is 5.18. The van der Waals surface area contributed by atoms with Crippen LogP contribution in [0.5, 0.6) is 0 Å². The Balaban J connectivity index is 1.49. The lowest BCUT2D eigenvalue weighted by Crippen LogP contribution is -2.31. The van der Waals surface area contributed by atoms with Crippen LogP contribution in [0.3, 0.4) is 0 Å². The summed E-state index contributed by atoms with van der Waals surface area (Å²) < 4.78 is 40.9. The number of ether oxygens (including phenoxy) is 1. The fraction of sp³-hybridized carbons (Fsp3) is 0.182. The van der Waals surface area contributed by atoms with Crippen LogP contribution in [0.4, 0.5) is 18.9 Å². The number of nitrogens with zero attached hydrogens (tertiary/aromatic N) is 1. The van der Waals surface area contributed by atoms with Crippen LogP contribution in [0.15, 0.2) is 47.1 Å². The molecule has 0 saturated heterocycles. The van der Waals surface area contributed by atoms with Crippen molar-refractivity contribution in [3.8, 4) is 22.5 Å². The molecule has 0 radical (unpaired) electrons. The van der Waals surface area contributed by atoms with Crippen molar-refractivity contribution in [3.63, 3.8) is 0 Å².